The van der Waals surface area contributed by atoms with Crippen molar-refractivity contribution in [3.8, 4) is 12.2 Å². The van der Waals surface area contributed by atoms with E-state index in [0.29, 0.717) is 4.29 Å². The number of hydrogen-bond donors (Lipinski definition) is 0. The lowest BCUT2D eigenvalue weighted by Crippen LogP contribution is -1.92. The molecule has 0 saturated carbocycles. The monoisotopic (exact) mass is 224 g/mol. The first-order chi connectivity index (χ1) is 3.18. The molecule has 0 heterocycles. The summed E-state index contributed by atoms with van der Waals surface area (Å²) in [4.78, 5) is 0. The third kappa shape index (κ3) is 3.37. The highest BCUT2D eigenvalue weighted by Gasteiger charge is 2.07. The molecule has 0 aliphatic carbocycles. The second kappa shape index (κ2) is 3.75. The Labute approximate surface area is 60.1 Å². The Morgan fingerprint density at radius 3 is 2.14 bits per heavy atom. The molecule has 0 aliphatic rings. The van der Waals surface area contributed by atoms with Gasteiger partial charge in [-0.1, -0.05) is 13.3 Å². The maximum atomic E-state index is 5.13. The summed E-state index contributed by atoms with van der Waals surface area (Å²) >= 11 is 2.29. The van der Waals surface area contributed by atoms with Crippen LogP contribution in [0.3, 0.4) is 0 Å². The van der Waals surface area contributed by atoms with Crippen LogP contribution in [0.15, 0.2) is 0 Å². The van der Waals surface area contributed by atoms with Crippen LogP contribution in [-0.4, -0.2) is 17.6 Å². The first-order valence-corrected chi connectivity index (χ1v) is 5.50. The van der Waals surface area contributed by atoms with Gasteiger partial charge in [0.25, 0.3) is 0 Å². The van der Waals surface area contributed by atoms with Crippen molar-refractivity contribution in [3.05, 3.63) is 0 Å². The first-order valence-electron chi connectivity index (χ1n) is 1.95. The van der Waals surface area contributed by atoms with Gasteiger partial charge in [-0.05, 0) is 0 Å². The summed E-state index contributed by atoms with van der Waals surface area (Å²) in [5, 5.41) is 0. The van der Waals surface area contributed by atoms with E-state index in [4.69, 9.17) is 6.42 Å². The Morgan fingerprint density at radius 1 is 1.71 bits per heavy atom. The van der Waals surface area contributed by atoms with E-state index in [0.717, 1.165) is 0 Å². The lowest BCUT2D eigenvalue weighted by atomic mass is 10.2. The molecule has 0 aromatic carbocycles. The van der Waals surface area contributed by atoms with Crippen molar-refractivity contribution in [3.63, 3.8) is 0 Å². The molecule has 0 N–H and O–H groups in total. The molecule has 7 heavy (non-hydrogen) atoms. The predicted octanol–water partition coefficient (Wildman–Crippen LogP) is 1.82. The smallest absolute Gasteiger partial charge is 0.137 e. The molecule has 0 aliphatic heterocycles. The number of rotatable bonds is 1. The van der Waals surface area contributed by atoms with Crippen LogP contribution in [-0.2, 0) is 0 Å². The van der Waals surface area contributed by atoms with Gasteiger partial charge in [-0.15, -0.1) is 42.4 Å². The lowest BCUT2D eigenvalue weighted by Gasteiger charge is -1.99. The maximum absolute atomic E-state index is 5.13. The van der Waals surface area contributed by atoms with E-state index in [9.17, 15) is 0 Å². The molecule has 0 spiro atoms. The SMILES string of the molecule is C#CB(I)P(C)C. The molecule has 38 valence electrons. The van der Waals surface area contributed by atoms with E-state index in [-0.39, 0.29) is 7.80 Å². The Morgan fingerprint density at radius 2 is 2.14 bits per heavy atom. The Hall–Kier alpha value is 0.785. The molecule has 0 nitrogen and oxygen atoms in total. The van der Waals surface area contributed by atoms with Gasteiger partial charge in [-0.2, -0.15) is 0 Å². The minimum Gasteiger partial charge on any atom is -0.137 e. The number of terminal acetylenes is 1. The average Bonchev–Trinajstić information content (AvgIpc) is 1.65. The summed E-state index contributed by atoms with van der Waals surface area (Å²) in [6.45, 7) is 4.37. The van der Waals surface area contributed by atoms with E-state index in [1.807, 2.05) is 0 Å². The van der Waals surface area contributed by atoms with Crippen molar-refractivity contribution in [2.75, 3.05) is 13.3 Å². The first kappa shape index (κ1) is 7.78. The van der Waals surface area contributed by atoms with E-state index < -0.39 is 0 Å². The summed E-state index contributed by atoms with van der Waals surface area (Å²) in [5.41, 5.74) is 0. The molecule has 0 aromatic heterocycles. The van der Waals surface area contributed by atoms with Gasteiger partial charge in [-0.3, -0.25) is 0 Å². The zero-order chi connectivity index (χ0) is 5.86. The molecule has 0 rings (SSSR count). The van der Waals surface area contributed by atoms with Crippen LogP contribution in [0.4, 0.5) is 0 Å². The van der Waals surface area contributed by atoms with Gasteiger partial charge in [-0.25, -0.2) is 0 Å². The standard InChI is InChI=1S/C4H7BIP/c1-4-5(6)7(2)3/h1H,2-3H3. The molecule has 0 saturated heterocycles. The molecule has 0 unspecified atom stereocenters. The normalized spacial score (nSPS) is 8.43. The summed E-state index contributed by atoms with van der Waals surface area (Å²) in [6.07, 6.45) is 5.13. The van der Waals surface area contributed by atoms with Gasteiger partial charge in [0, 0.05) is 0 Å². The molecule has 0 radical (unpaired) electrons. The number of hydrogen-bond acceptors (Lipinski definition) is 0. The third-order valence-electron chi connectivity index (χ3n) is 0.591. The van der Waals surface area contributed by atoms with Gasteiger partial charge in [0.2, 0.25) is 0 Å². The van der Waals surface area contributed by atoms with Gasteiger partial charge >= 0.3 is 4.29 Å². The molecule has 0 bridgehead atoms. The summed E-state index contributed by atoms with van der Waals surface area (Å²) < 4.78 is 0.465. The fourth-order valence-electron chi connectivity index (χ4n) is 0.149. The molecule has 0 fully saturated rings. The van der Waals surface area contributed by atoms with Crippen LogP contribution in [0.25, 0.3) is 0 Å². The zero-order valence-electron chi connectivity index (χ0n) is 4.48. The van der Waals surface area contributed by atoms with Crippen molar-refractivity contribution >= 4 is 34.5 Å². The van der Waals surface area contributed by atoms with Crippen molar-refractivity contribution in [2.24, 2.45) is 0 Å². The van der Waals surface area contributed by atoms with Crippen molar-refractivity contribution in [1.82, 2.24) is 0 Å². The molecule has 3 heteroatoms. The molecule has 0 aromatic rings. The van der Waals surface area contributed by atoms with E-state index in [1.165, 1.54) is 0 Å². The fraction of sp³-hybridized carbons (Fsp3) is 0.500. The highest BCUT2D eigenvalue weighted by molar-refractivity contribution is 14.1. The third-order valence-corrected chi connectivity index (χ3v) is 5.35. The summed E-state index contributed by atoms with van der Waals surface area (Å²) in [5.74, 6) is 2.68. The summed E-state index contributed by atoms with van der Waals surface area (Å²) in [7, 11) is 0.0888. The van der Waals surface area contributed by atoms with Crippen molar-refractivity contribution in [1.29, 1.82) is 0 Å². The maximum Gasteiger partial charge on any atom is 0.327 e. The van der Waals surface area contributed by atoms with Crippen LogP contribution < -0.4 is 0 Å². The minimum absolute atomic E-state index is 0.0888. The van der Waals surface area contributed by atoms with Crippen LogP contribution in [0.1, 0.15) is 0 Å². The van der Waals surface area contributed by atoms with Crippen LogP contribution >= 0.6 is 30.2 Å². The lowest BCUT2D eigenvalue weighted by molar-refractivity contribution is 2.28. The van der Waals surface area contributed by atoms with Gasteiger partial charge in [0.15, 0.2) is 0 Å². The predicted molar refractivity (Wildman–Crippen MR) is 47.4 cm³/mol. The van der Waals surface area contributed by atoms with E-state index >= 15 is 0 Å². The largest absolute Gasteiger partial charge is 0.327 e. The van der Waals surface area contributed by atoms with E-state index in [1.54, 1.807) is 0 Å². The van der Waals surface area contributed by atoms with E-state index in [2.05, 4.69) is 41.5 Å². The highest BCUT2D eigenvalue weighted by Crippen LogP contribution is 2.31. The Bertz CT molecular complexity index is 86.2. The fourth-order valence-corrected chi connectivity index (χ4v) is 0.447. The second-order valence-electron chi connectivity index (χ2n) is 1.47. The molecular weight excluding hydrogens is 217 g/mol. The zero-order valence-corrected chi connectivity index (χ0v) is 7.53. The van der Waals surface area contributed by atoms with Crippen molar-refractivity contribution in [2.45, 2.75) is 0 Å². The average molecular weight is 224 g/mol. The Balaban J connectivity index is 3.40. The van der Waals surface area contributed by atoms with Crippen LogP contribution in [0.5, 0.6) is 0 Å². The van der Waals surface area contributed by atoms with Gasteiger partial charge in [0.05, 0.1) is 0 Å². The van der Waals surface area contributed by atoms with Crippen LogP contribution in [0, 0.1) is 12.2 Å². The van der Waals surface area contributed by atoms with Gasteiger partial charge in [0.1, 0.15) is 0 Å². The molecule has 0 atom stereocenters. The quantitative estimate of drug-likeness (QED) is 0.275. The number of halogens is 1. The minimum atomic E-state index is 0.0888. The van der Waals surface area contributed by atoms with Crippen LogP contribution in [0.2, 0.25) is 0 Å². The summed E-state index contributed by atoms with van der Waals surface area (Å²) in [6, 6.07) is 0. The second-order valence-corrected chi connectivity index (χ2v) is 6.14. The topological polar surface area (TPSA) is 0 Å². The highest BCUT2D eigenvalue weighted by atomic mass is 127. The molecular formula is C4H7BIP. The molecule has 0 amide bonds. The van der Waals surface area contributed by atoms with Gasteiger partial charge < -0.3 is 0 Å². The van der Waals surface area contributed by atoms with Crippen molar-refractivity contribution < 1.29 is 0 Å². The Kier molecular flexibility index (Phi) is 4.17.